The number of nitrogens with one attached hydrogen (secondary N) is 1. The highest BCUT2D eigenvalue weighted by atomic mass is 16.3. The van der Waals surface area contributed by atoms with E-state index in [0.29, 0.717) is 6.04 Å². The second-order valence-corrected chi connectivity index (χ2v) is 5.40. The first-order valence-corrected chi connectivity index (χ1v) is 6.67. The zero-order valence-corrected chi connectivity index (χ0v) is 11.6. The summed E-state index contributed by atoms with van der Waals surface area (Å²) in [6.07, 6.45) is 5.90. The van der Waals surface area contributed by atoms with Crippen LogP contribution in [0.2, 0.25) is 0 Å². The SMILES string of the molecule is CN(C)c1ncc(CNC2CCCC(O)C2)n1C. The third-order valence-electron chi connectivity index (χ3n) is 3.68. The van der Waals surface area contributed by atoms with Gasteiger partial charge < -0.3 is 19.9 Å². The molecule has 2 N–H and O–H groups in total. The van der Waals surface area contributed by atoms with Gasteiger partial charge >= 0.3 is 0 Å². The van der Waals surface area contributed by atoms with Crippen molar-refractivity contribution in [2.45, 2.75) is 44.4 Å². The standard InChI is InChI=1S/C13H24N4O/c1-16(2)13-15-9-11(17(13)3)8-14-10-5-4-6-12(18)7-10/h9-10,12,14,18H,4-8H2,1-3H3. The molecule has 102 valence electrons. The fourth-order valence-corrected chi connectivity index (χ4v) is 2.61. The summed E-state index contributed by atoms with van der Waals surface area (Å²) < 4.78 is 2.10. The van der Waals surface area contributed by atoms with Crippen molar-refractivity contribution in [3.05, 3.63) is 11.9 Å². The third-order valence-corrected chi connectivity index (χ3v) is 3.68. The molecular formula is C13H24N4O. The van der Waals surface area contributed by atoms with Crippen molar-refractivity contribution in [3.8, 4) is 0 Å². The fourth-order valence-electron chi connectivity index (χ4n) is 2.61. The normalized spacial score (nSPS) is 24.2. The van der Waals surface area contributed by atoms with Gasteiger partial charge in [0.15, 0.2) is 0 Å². The Balaban J connectivity index is 1.90. The Kier molecular flexibility index (Phi) is 4.24. The van der Waals surface area contributed by atoms with Crippen LogP contribution in [0.4, 0.5) is 5.95 Å². The monoisotopic (exact) mass is 252 g/mol. The molecule has 2 rings (SSSR count). The van der Waals surface area contributed by atoms with Crippen molar-refractivity contribution in [2.75, 3.05) is 19.0 Å². The summed E-state index contributed by atoms with van der Waals surface area (Å²) in [6.45, 7) is 0.814. The molecule has 0 radical (unpaired) electrons. The van der Waals surface area contributed by atoms with Crippen molar-refractivity contribution in [1.29, 1.82) is 0 Å². The number of hydrogen-bond acceptors (Lipinski definition) is 4. The van der Waals surface area contributed by atoms with Gasteiger partial charge in [0.2, 0.25) is 5.95 Å². The number of aromatic nitrogens is 2. The van der Waals surface area contributed by atoms with Gasteiger partial charge in [-0.25, -0.2) is 4.98 Å². The Morgan fingerprint density at radius 1 is 1.50 bits per heavy atom. The lowest BCUT2D eigenvalue weighted by molar-refractivity contribution is 0.111. The molecule has 0 bridgehead atoms. The summed E-state index contributed by atoms with van der Waals surface area (Å²) in [6, 6.07) is 0.437. The summed E-state index contributed by atoms with van der Waals surface area (Å²) in [5, 5.41) is 13.2. The molecule has 0 saturated heterocycles. The zero-order chi connectivity index (χ0) is 13.1. The maximum Gasteiger partial charge on any atom is 0.204 e. The van der Waals surface area contributed by atoms with Gasteiger partial charge in [-0.1, -0.05) is 0 Å². The van der Waals surface area contributed by atoms with Crippen LogP contribution in [0.25, 0.3) is 0 Å². The predicted molar refractivity (Wildman–Crippen MR) is 72.6 cm³/mol. The largest absolute Gasteiger partial charge is 0.393 e. The second kappa shape index (κ2) is 5.71. The molecule has 1 aromatic heterocycles. The van der Waals surface area contributed by atoms with Crippen molar-refractivity contribution in [2.24, 2.45) is 7.05 Å². The van der Waals surface area contributed by atoms with E-state index in [4.69, 9.17) is 0 Å². The van der Waals surface area contributed by atoms with Gasteiger partial charge in [0, 0.05) is 33.7 Å². The number of rotatable bonds is 4. The molecule has 1 aliphatic carbocycles. The van der Waals surface area contributed by atoms with E-state index in [9.17, 15) is 5.11 Å². The van der Waals surface area contributed by atoms with E-state index >= 15 is 0 Å². The number of hydrogen-bond donors (Lipinski definition) is 2. The minimum absolute atomic E-state index is 0.125. The molecule has 5 heteroatoms. The Hall–Kier alpha value is -1.07. The van der Waals surface area contributed by atoms with Gasteiger partial charge in [-0.15, -0.1) is 0 Å². The van der Waals surface area contributed by atoms with E-state index in [2.05, 4.69) is 14.9 Å². The first-order chi connectivity index (χ1) is 8.58. The fraction of sp³-hybridized carbons (Fsp3) is 0.769. The first kappa shape index (κ1) is 13.4. The lowest BCUT2D eigenvalue weighted by Gasteiger charge is -2.26. The number of nitrogens with zero attached hydrogens (tertiary/aromatic N) is 3. The first-order valence-electron chi connectivity index (χ1n) is 6.67. The predicted octanol–water partition coefficient (Wildman–Crippen LogP) is 0.879. The Bertz CT molecular complexity index is 388. The quantitative estimate of drug-likeness (QED) is 0.835. The number of imidazole rings is 1. The molecule has 18 heavy (non-hydrogen) atoms. The summed E-state index contributed by atoms with van der Waals surface area (Å²) in [4.78, 5) is 6.40. The molecule has 5 nitrogen and oxygen atoms in total. The lowest BCUT2D eigenvalue weighted by atomic mass is 9.93. The second-order valence-electron chi connectivity index (χ2n) is 5.40. The molecule has 1 aromatic rings. The third kappa shape index (κ3) is 3.03. The van der Waals surface area contributed by atoms with Crippen molar-refractivity contribution in [3.63, 3.8) is 0 Å². The Morgan fingerprint density at radius 3 is 2.89 bits per heavy atom. The molecule has 0 spiro atoms. The van der Waals surface area contributed by atoms with Crippen LogP contribution in [0.15, 0.2) is 6.20 Å². The van der Waals surface area contributed by atoms with Crippen LogP contribution in [-0.4, -0.2) is 40.9 Å². The highest BCUT2D eigenvalue weighted by molar-refractivity contribution is 5.30. The molecule has 1 fully saturated rings. The molecule has 2 unspecified atom stereocenters. The maximum atomic E-state index is 9.64. The highest BCUT2D eigenvalue weighted by Gasteiger charge is 2.20. The van der Waals surface area contributed by atoms with E-state index in [0.717, 1.165) is 38.2 Å². The summed E-state index contributed by atoms with van der Waals surface area (Å²) in [7, 11) is 6.03. The minimum Gasteiger partial charge on any atom is -0.393 e. The smallest absolute Gasteiger partial charge is 0.204 e. The van der Waals surface area contributed by atoms with E-state index in [1.807, 2.05) is 32.2 Å². The Morgan fingerprint density at radius 2 is 2.28 bits per heavy atom. The number of aliphatic hydroxyl groups is 1. The van der Waals surface area contributed by atoms with Crippen molar-refractivity contribution >= 4 is 5.95 Å². The maximum absolute atomic E-state index is 9.64. The van der Waals surface area contributed by atoms with E-state index in [1.165, 1.54) is 5.69 Å². The van der Waals surface area contributed by atoms with Crippen LogP contribution in [0.5, 0.6) is 0 Å². The molecule has 0 aromatic carbocycles. The molecule has 0 amide bonds. The molecule has 0 aliphatic heterocycles. The van der Waals surface area contributed by atoms with Gasteiger partial charge in [-0.2, -0.15) is 0 Å². The van der Waals surface area contributed by atoms with Gasteiger partial charge in [0.25, 0.3) is 0 Å². The average Bonchev–Trinajstić information content (AvgIpc) is 2.68. The van der Waals surface area contributed by atoms with E-state index in [1.54, 1.807) is 0 Å². The van der Waals surface area contributed by atoms with Crippen LogP contribution >= 0.6 is 0 Å². The zero-order valence-electron chi connectivity index (χ0n) is 11.6. The number of aliphatic hydroxyl groups excluding tert-OH is 1. The summed E-state index contributed by atoms with van der Waals surface area (Å²) in [5.41, 5.74) is 1.18. The topological polar surface area (TPSA) is 53.3 Å². The molecular weight excluding hydrogens is 228 g/mol. The van der Waals surface area contributed by atoms with Gasteiger partial charge in [0.1, 0.15) is 0 Å². The van der Waals surface area contributed by atoms with Crippen LogP contribution in [0, 0.1) is 0 Å². The van der Waals surface area contributed by atoms with Crippen molar-refractivity contribution in [1.82, 2.24) is 14.9 Å². The minimum atomic E-state index is -0.125. The summed E-state index contributed by atoms with van der Waals surface area (Å²) >= 11 is 0. The van der Waals surface area contributed by atoms with Crippen LogP contribution in [0.3, 0.4) is 0 Å². The van der Waals surface area contributed by atoms with Gasteiger partial charge in [-0.05, 0) is 25.7 Å². The average molecular weight is 252 g/mol. The lowest BCUT2D eigenvalue weighted by Crippen LogP contribution is -2.36. The van der Waals surface area contributed by atoms with Crippen molar-refractivity contribution < 1.29 is 5.11 Å². The molecule has 1 aliphatic rings. The number of anilines is 1. The van der Waals surface area contributed by atoms with E-state index in [-0.39, 0.29) is 6.10 Å². The van der Waals surface area contributed by atoms with Gasteiger partial charge in [-0.3, -0.25) is 0 Å². The molecule has 1 heterocycles. The van der Waals surface area contributed by atoms with Crippen LogP contribution in [-0.2, 0) is 13.6 Å². The highest BCUT2D eigenvalue weighted by Crippen LogP contribution is 2.19. The van der Waals surface area contributed by atoms with Gasteiger partial charge in [0.05, 0.1) is 18.0 Å². The van der Waals surface area contributed by atoms with Crippen LogP contribution in [0.1, 0.15) is 31.4 Å². The summed E-state index contributed by atoms with van der Waals surface area (Å²) in [5.74, 6) is 0.968. The Labute approximate surface area is 109 Å². The van der Waals surface area contributed by atoms with E-state index < -0.39 is 0 Å². The molecule has 1 saturated carbocycles. The molecule has 2 atom stereocenters. The van der Waals surface area contributed by atoms with Crippen LogP contribution < -0.4 is 10.2 Å².